The van der Waals surface area contributed by atoms with E-state index in [0.717, 1.165) is 4.62 Å². The number of carbonyl (C=O) groups is 1. The zero-order valence-corrected chi connectivity index (χ0v) is 11.3. The third-order valence-corrected chi connectivity index (χ3v) is 2.39. The molecule has 1 heterocycles. The first-order valence-corrected chi connectivity index (χ1v) is 5.94. The molecular weight excluding hydrogens is 276 g/mol. The van der Waals surface area contributed by atoms with Crippen molar-refractivity contribution in [1.82, 2.24) is 0 Å². The minimum atomic E-state index is -0.669. The van der Waals surface area contributed by atoms with Crippen molar-refractivity contribution in [2.75, 3.05) is 0 Å². The van der Waals surface area contributed by atoms with Crippen LogP contribution in [0.3, 0.4) is 0 Å². The van der Waals surface area contributed by atoms with Crippen LogP contribution in [0.2, 0.25) is 0 Å². The highest BCUT2D eigenvalue weighted by atomic mass is 79.9. The Hall–Kier alpha value is -0.620. The fraction of sp³-hybridized carbons (Fsp3) is 0.800. The van der Waals surface area contributed by atoms with Gasteiger partial charge >= 0.3 is 5.97 Å². The molecule has 0 amide bonds. The van der Waals surface area contributed by atoms with Gasteiger partial charge in [0, 0.05) is 12.8 Å². The number of hydrogen-bond acceptors (Lipinski definition) is 5. The van der Waals surface area contributed by atoms with Gasteiger partial charge in [-0.25, -0.2) is 0 Å². The molecule has 1 rings (SSSR count). The Kier molecular flexibility index (Phi) is 4.32. The number of nitrogens with two attached hydrogens (primary N) is 1. The predicted octanol–water partition coefficient (Wildman–Crippen LogP) is 1.54. The van der Waals surface area contributed by atoms with Crippen molar-refractivity contribution in [3.63, 3.8) is 0 Å². The fourth-order valence-corrected chi connectivity index (χ4v) is 1.72. The van der Waals surface area contributed by atoms with E-state index in [1.807, 2.05) is 20.8 Å². The van der Waals surface area contributed by atoms with Gasteiger partial charge in [0.05, 0.1) is 0 Å². The van der Waals surface area contributed by atoms with Gasteiger partial charge in [-0.05, 0) is 36.7 Å². The van der Waals surface area contributed by atoms with Crippen molar-refractivity contribution in [1.29, 1.82) is 0 Å². The summed E-state index contributed by atoms with van der Waals surface area (Å²) in [5.74, 6) is -0.404. The van der Waals surface area contributed by atoms with Crippen LogP contribution in [0, 0.1) is 0 Å². The number of rotatable bonds is 3. The van der Waals surface area contributed by atoms with Crippen molar-refractivity contribution >= 4 is 26.5 Å². The van der Waals surface area contributed by atoms with E-state index in [1.165, 1.54) is 0 Å². The molecule has 16 heavy (non-hydrogen) atoms. The number of esters is 1. The number of carbonyl (C=O) groups excluding carboxylic acids is 1. The van der Waals surface area contributed by atoms with Crippen molar-refractivity contribution < 1.29 is 14.4 Å². The summed E-state index contributed by atoms with van der Waals surface area (Å²) in [6.07, 6.45) is 0.918. The highest BCUT2D eigenvalue weighted by Gasteiger charge is 2.28. The van der Waals surface area contributed by atoms with Crippen LogP contribution >= 0.6 is 15.9 Å². The predicted molar refractivity (Wildman–Crippen MR) is 64.3 cm³/mol. The first-order chi connectivity index (χ1) is 7.28. The molecule has 5 nitrogen and oxygen atoms in total. The lowest BCUT2D eigenvalue weighted by Crippen LogP contribution is -2.39. The molecule has 0 saturated carbocycles. The van der Waals surface area contributed by atoms with Crippen LogP contribution in [0.5, 0.6) is 0 Å². The molecule has 1 aliphatic rings. The molecule has 2 atom stereocenters. The van der Waals surface area contributed by atoms with Gasteiger partial charge in [-0.2, -0.15) is 0 Å². The van der Waals surface area contributed by atoms with E-state index in [-0.39, 0.29) is 6.10 Å². The van der Waals surface area contributed by atoms with Crippen molar-refractivity contribution in [2.45, 2.75) is 51.4 Å². The first-order valence-electron chi connectivity index (χ1n) is 5.14. The van der Waals surface area contributed by atoms with Gasteiger partial charge in [-0.15, -0.1) is 0 Å². The van der Waals surface area contributed by atoms with E-state index in [9.17, 15) is 4.79 Å². The lowest BCUT2D eigenvalue weighted by Gasteiger charge is -2.22. The summed E-state index contributed by atoms with van der Waals surface area (Å²) in [5.41, 5.74) is 5.22. The molecule has 0 radical (unpaired) electrons. The molecule has 2 N–H and O–H groups in total. The van der Waals surface area contributed by atoms with Gasteiger partial charge in [0.25, 0.3) is 0 Å². The fourth-order valence-electron chi connectivity index (χ4n) is 1.28. The number of hydrogen-bond donors (Lipinski definition) is 1. The maximum atomic E-state index is 11.6. The zero-order chi connectivity index (χ0) is 12.3. The number of nitrogens with zero attached hydrogens (tertiary/aromatic N) is 1. The minimum Gasteiger partial charge on any atom is -0.459 e. The average Bonchev–Trinajstić information content (AvgIpc) is 2.48. The van der Waals surface area contributed by atoms with E-state index >= 15 is 0 Å². The average molecular weight is 293 g/mol. The quantitative estimate of drug-likeness (QED) is 0.801. The Labute approximate surface area is 103 Å². The molecule has 0 spiro atoms. The molecule has 0 unspecified atom stereocenters. The van der Waals surface area contributed by atoms with Gasteiger partial charge in [0.2, 0.25) is 0 Å². The smallest absolute Gasteiger partial charge is 0.323 e. The lowest BCUT2D eigenvalue weighted by molar-refractivity contribution is -0.157. The van der Waals surface area contributed by atoms with Crippen molar-refractivity contribution in [3.05, 3.63) is 0 Å². The molecular formula is C10H17BrN2O3. The molecule has 0 aliphatic carbocycles. The first kappa shape index (κ1) is 13.4. The summed E-state index contributed by atoms with van der Waals surface area (Å²) in [6, 6.07) is -0.669. The van der Waals surface area contributed by atoms with Crippen LogP contribution < -0.4 is 5.73 Å². The van der Waals surface area contributed by atoms with Crippen LogP contribution in [0.25, 0.3) is 0 Å². The van der Waals surface area contributed by atoms with Crippen LogP contribution in [0.1, 0.15) is 33.6 Å². The number of oxime groups is 1. The van der Waals surface area contributed by atoms with Gasteiger partial charge in [-0.1, -0.05) is 5.16 Å². The number of halogens is 1. The molecule has 1 aliphatic heterocycles. The summed E-state index contributed by atoms with van der Waals surface area (Å²) < 4.78 is 5.91. The van der Waals surface area contributed by atoms with Gasteiger partial charge < -0.3 is 15.3 Å². The Balaban J connectivity index is 2.35. The Morgan fingerprint density at radius 2 is 2.38 bits per heavy atom. The van der Waals surface area contributed by atoms with Gasteiger partial charge in [0.1, 0.15) is 22.4 Å². The molecule has 0 bridgehead atoms. The van der Waals surface area contributed by atoms with E-state index in [4.69, 9.17) is 15.3 Å². The lowest BCUT2D eigenvalue weighted by atomic mass is 10.1. The summed E-state index contributed by atoms with van der Waals surface area (Å²) in [4.78, 5) is 16.6. The molecule has 0 aromatic heterocycles. The van der Waals surface area contributed by atoms with Crippen LogP contribution in [0.15, 0.2) is 5.16 Å². The number of ether oxygens (including phenoxy) is 1. The highest BCUT2D eigenvalue weighted by molar-refractivity contribution is 9.18. The van der Waals surface area contributed by atoms with Crippen molar-refractivity contribution in [3.8, 4) is 0 Å². The summed E-state index contributed by atoms with van der Waals surface area (Å²) in [6.45, 7) is 5.43. The Morgan fingerprint density at radius 3 is 2.81 bits per heavy atom. The molecule has 0 fully saturated rings. The highest BCUT2D eigenvalue weighted by Crippen LogP contribution is 2.19. The normalized spacial score (nSPS) is 22.3. The Bertz CT molecular complexity index is 299. The SMILES string of the molecule is CC(C)(C)OC(=O)[C@@H](N)C[C@@H]1CC(Br)=NO1. The summed E-state index contributed by atoms with van der Waals surface area (Å²) in [7, 11) is 0. The standard InChI is InChI=1S/C10H17BrN2O3/c1-10(2,3)15-9(14)7(12)4-6-5-8(11)13-16-6/h6-7H,4-5,12H2,1-3H3/t6-,7+/m1/s1. The second-order valence-corrected chi connectivity index (χ2v) is 5.69. The molecule has 0 aromatic rings. The van der Waals surface area contributed by atoms with E-state index in [2.05, 4.69) is 21.1 Å². The van der Waals surface area contributed by atoms with Gasteiger partial charge in [0.15, 0.2) is 0 Å². The molecule has 6 heteroatoms. The van der Waals surface area contributed by atoms with Gasteiger partial charge in [-0.3, -0.25) is 4.79 Å². The Morgan fingerprint density at radius 1 is 1.75 bits per heavy atom. The topological polar surface area (TPSA) is 73.9 Å². The van der Waals surface area contributed by atoms with E-state index in [1.54, 1.807) is 0 Å². The largest absolute Gasteiger partial charge is 0.459 e. The second-order valence-electron chi connectivity index (χ2n) is 4.77. The summed E-state index contributed by atoms with van der Waals surface area (Å²) >= 11 is 3.22. The van der Waals surface area contributed by atoms with Crippen LogP contribution in [-0.4, -0.2) is 28.3 Å². The minimum absolute atomic E-state index is 0.142. The van der Waals surface area contributed by atoms with E-state index in [0.29, 0.717) is 12.8 Å². The molecule has 0 aromatic carbocycles. The van der Waals surface area contributed by atoms with Crippen LogP contribution in [0.4, 0.5) is 0 Å². The van der Waals surface area contributed by atoms with Crippen molar-refractivity contribution in [2.24, 2.45) is 10.9 Å². The zero-order valence-electron chi connectivity index (χ0n) is 9.70. The molecule has 0 saturated heterocycles. The summed E-state index contributed by atoms with van der Waals surface area (Å²) in [5, 5.41) is 3.73. The van der Waals surface area contributed by atoms with Crippen LogP contribution in [-0.2, 0) is 14.4 Å². The maximum absolute atomic E-state index is 11.6. The molecule has 92 valence electrons. The third-order valence-electron chi connectivity index (χ3n) is 1.92. The monoisotopic (exact) mass is 292 g/mol. The second kappa shape index (κ2) is 5.14. The maximum Gasteiger partial charge on any atom is 0.323 e. The third kappa shape index (κ3) is 4.49. The van der Waals surface area contributed by atoms with E-state index < -0.39 is 17.6 Å².